The summed E-state index contributed by atoms with van der Waals surface area (Å²) in [6.45, 7) is 6.51. The maximum atomic E-state index is 12.8. The molecule has 0 aromatic heterocycles. The predicted molar refractivity (Wildman–Crippen MR) is 298 cm³/mol. The van der Waals surface area contributed by atoms with Gasteiger partial charge in [0.25, 0.3) is 0 Å². The normalized spacial score (nSPS) is 12.3. The van der Waals surface area contributed by atoms with Crippen LogP contribution in [-0.4, -0.2) is 37.2 Å². The second-order valence-electron chi connectivity index (χ2n) is 20.2. The zero-order valence-electron chi connectivity index (χ0n) is 46.1. The molecule has 0 spiro atoms. The molecule has 0 amide bonds. The molecule has 1 atom stereocenters. The highest BCUT2D eigenvalue weighted by molar-refractivity contribution is 5.71. The van der Waals surface area contributed by atoms with Crippen LogP contribution in [0, 0.1) is 0 Å². The quantitative estimate of drug-likeness (QED) is 0.0262. The second kappa shape index (κ2) is 57.9. The molecule has 69 heavy (non-hydrogen) atoms. The first-order valence-electron chi connectivity index (χ1n) is 30.1. The summed E-state index contributed by atoms with van der Waals surface area (Å²) in [6.07, 6.45) is 71.5. The van der Waals surface area contributed by atoms with E-state index in [4.69, 9.17) is 14.2 Å². The van der Waals surface area contributed by atoms with E-state index in [0.717, 1.165) is 83.5 Å². The number of esters is 3. The molecule has 402 valence electrons. The van der Waals surface area contributed by atoms with Gasteiger partial charge in [-0.2, -0.15) is 0 Å². The lowest BCUT2D eigenvalue weighted by molar-refractivity contribution is -0.167. The van der Waals surface area contributed by atoms with Gasteiger partial charge in [0.2, 0.25) is 0 Å². The zero-order chi connectivity index (χ0) is 50.0. The van der Waals surface area contributed by atoms with Crippen molar-refractivity contribution < 1.29 is 28.6 Å². The molecule has 0 N–H and O–H groups in total. The molecule has 6 heteroatoms. The van der Waals surface area contributed by atoms with Crippen LogP contribution in [0.5, 0.6) is 0 Å². The molecule has 0 aliphatic rings. The largest absolute Gasteiger partial charge is 0.462 e. The maximum absolute atomic E-state index is 12.8. The average Bonchev–Trinajstić information content (AvgIpc) is 3.35. The molecule has 0 rings (SSSR count). The van der Waals surface area contributed by atoms with Crippen molar-refractivity contribution in [2.45, 2.75) is 322 Å². The van der Waals surface area contributed by atoms with Crippen molar-refractivity contribution in [2.75, 3.05) is 13.2 Å². The minimum Gasteiger partial charge on any atom is -0.462 e. The summed E-state index contributed by atoms with van der Waals surface area (Å²) in [4.78, 5) is 38.0. The van der Waals surface area contributed by atoms with Gasteiger partial charge < -0.3 is 14.2 Å². The van der Waals surface area contributed by atoms with Crippen LogP contribution in [0.2, 0.25) is 0 Å². The number of ether oxygens (including phenoxy) is 3. The van der Waals surface area contributed by atoms with E-state index in [1.807, 2.05) is 0 Å². The Morgan fingerprint density at radius 1 is 0.304 bits per heavy atom. The molecule has 0 bridgehead atoms. The highest BCUT2D eigenvalue weighted by Gasteiger charge is 2.19. The van der Waals surface area contributed by atoms with E-state index < -0.39 is 6.10 Å². The zero-order valence-corrected chi connectivity index (χ0v) is 46.1. The van der Waals surface area contributed by atoms with Crippen molar-refractivity contribution in [3.63, 3.8) is 0 Å². The van der Waals surface area contributed by atoms with Crippen molar-refractivity contribution in [1.82, 2.24) is 0 Å². The Bertz CT molecular complexity index is 1200. The molecule has 0 aliphatic heterocycles. The lowest BCUT2D eigenvalue weighted by Crippen LogP contribution is -2.30. The number of allylic oxidation sites excluding steroid dienone is 8. The van der Waals surface area contributed by atoms with Crippen molar-refractivity contribution in [3.05, 3.63) is 48.6 Å². The third-order valence-electron chi connectivity index (χ3n) is 13.3. The van der Waals surface area contributed by atoms with E-state index >= 15 is 0 Å². The van der Waals surface area contributed by atoms with Crippen molar-refractivity contribution in [3.8, 4) is 0 Å². The Hall–Kier alpha value is -2.63. The smallest absolute Gasteiger partial charge is 0.306 e. The summed E-state index contributed by atoms with van der Waals surface area (Å²) >= 11 is 0. The third-order valence-corrected chi connectivity index (χ3v) is 13.3. The Kier molecular flexibility index (Phi) is 55.7. The second-order valence-corrected chi connectivity index (χ2v) is 20.2. The van der Waals surface area contributed by atoms with Gasteiger partial charge in [-0.3, -0.25) is 14.4 Å². The summed E-state index contributed by atoms with van der Waals surface area (Å²) in [7, 11) is 0. The van der Waals surface area contributed by atoms with E-state index in [1.54, 1.807) is 0 Å². The number of unbranched alkanes of at least 4 members (excludes halogenated alkanes) is 36. The maximum Gasteiger partial charge on any atom is 0.306 e. The molecular weight excluding hydrogens is 853 g/mol. The van der Waals surface area contributed by atoms with Gasteiger partial charge >= 0.3 is 17.9 Å². The molecule has 6 nitrogen and oxygen atoms in total. The number of carbonyl (C=O) groups is 3. The molecule has 0 aromatic carbocycles. The van der Waals surface area contributed by atoms with Crippen LogP contribution in [0.3, 0.4) is 0 Å². The first-order chi connectivity index (χ1) is 34.0. The van der Waals surface area contributed by atoms with E-state index in [2.05, 4.69) is 69.4 Å². The van der Waals surface area contributed by atoms with Gasteiger partial charge in [0, 0.05) is 19.3 Å². The molecule has 0 aliphatic carbocycles. The van der Waals surface area contributed by atoms with Crippen LogP contribution in [0.1, 0.15) is 316 Å². The molecule has 0 fully saturated rings. The van der Waals surface area contributed by atoms with Crippen molar-refractivity contribution in [2.24, 2.45) is 0 Å². The Morgan fingerprint density at radius 3 is 0.913 bits per heavy atom. The van der Waals surface area contributed by atoms with Crippen LogP contribution in [0.4, 0.5) is 0 Å². The van der Waals surface area contributed by atoms with E-state index in [1.165, 1.54) is 193 Å². The lowest BCUT2D eigenvalue weighted by Gasteiger charge is -2.18. The van der Waals surface area contributed by atoms with E-state index in [9.17, 15) is 14.4 Å². The number of carbonyl (C=O) groups excluding carboxylic acids is 3. The predicted octanol–water partition coefficient (Wildman–Crippen LogP) is 20.2. The van der Waals surface area contributed by atoms with Gasteiger partial charge in [0.15, 0.2) is 6.10 Å². The number of rotatable bonds is 55. The summed E-state index contributed by atoms with van der Waals surface area (Å²) in [6, 6.07) is 0. The molecule has 0 saturated carbocycles. The Morgan fingerprint density at radius 2 is 0.565 bits per heavy atom. The first kappa shape index (κ1) is 66.4. The number of hydrogen-bond donors (Lipinski definition) is 0. The SMILES string of the molecule is CC/C=C\C/C=C\C/C=C\CCCCCC(=O)OC(COC(=O)CCCCCCCCCCC)COC(=O)CCCCCCCCCCCCCCCCCCC/C=C\CCCCCCCCCC. The van der Waals surface area contributed by atoms with Crippen LogP contribution >= 0.6 is 0 Å². The topological polar surface area (TPSA) is 78.9 Å². The van der Waals surface area contributed by atoms with Gasteiger partial charge in [-0.25, -0.2) is 0 Å². The fraction of sp³-hybridized carbons (Fsp3) is 0.825. The lowest BCUT2D eigenvalue weighted by atomic mass is 10.0. The average molecular weight is 968 g/mol. The molecule has 0 saturated heterocycles. The van der Waals surface area contributed by atoms with Gasteiger partial charge in [-0.15, -0.1) is 0 Å². The van der Waals surface area contributed by atoms with Gasteiger partial charge in [0.05, 0.1) is 0 Å². The summed E-state index contributed by atoms with van der Waals surface area (Å²) < 4.78 is 16.8. The van der Waals surface area contributed by atoms with Crippen molar-refractivity contribution >= 4 is 17.9 Å². The standard InChI is InChI=1S/C63H114O6/c1-4-7-10-13-16-19-21-23-24-25-26-27-28-29-30-31-32-33-34-35-36-37-38-40-41-44-47-50-53-56-62(65)68-59-60(58-67-61(64)55-52-49-46-43-18-15-12-9-6-3)69-63(66)57-54-51-48-45-42-39-22-20-17-14-11-8-5-2/h8,11,17,20,25-26,39,42,60H,4-7,9-10,12-16,18-19,21-24,27-38,40-41,43-59H2,1-3H3/b11-8-,20-17-,26-25-,42-39-. The highest BCUT2D eigenvalue weighted by atomic mass is 16.6. The van der Waals surface area contributed by atoms with Gasteiger partial charge in [-0.1, -0.05) is 268 Å². The summed E-state index contributed by atoms with van der Waals surface area (Å²) in [5.41, 5.74) is 0. The molecule has 1 unspecified atom stereocenters. The van der Waals surface area contributed by atoms with E-state index in [-0.39, 0.29) is 31.1 Å². The fourth-order valence-corrected chi connectivity index (χ4v) is 8.81. The Labute approximate surface area is 428 Å². The van der Waals surface area contributed by atoms with Crippen LogP contribution in [0.15, 0.2) is 48.6 Å². The molecular formula is C63H114O6. The van der Waals surface area contributed by atoms with Gasteiger partial charge in [0.1, 0.15) is 13.2 Å². The van der Waals surface area contributed by atoms with Crippen molar-refractivity contribution in [1.29, 1.82) is 0 Å². The first-order valence-corrected chi connectivity index (χ1v) is 30.1. The van der Waals surface area contributed by atoms with E-state index in [0.29, 0.717) is 19.3 Å². The van der Waals surface area contributed by atoms with Gasteiger partial charge in [-0.05, 0) is 77.0 Å². The minimum absolute atomic E-state index is 0.0816. The monoisotopic (exact) mass is 967 g/mol. The summed E-state index contributed by atoms with van der Waals surface area (Å²) in [5, 5.41) is 0. The van der Waals surface area contributed by atoms with Crippen LogP contribution in [-0.2, 0) is 28.6 Å². The minimum atomic E-state index is -0.784. The summed E-state index contributed by atoms with van der Waals surface area (Å²) in [5.74, 6) is -0.901. The third kappa shape index (κ3) is 56.2. The van der Waals surface area contributed by atoms with Crippen LogP contribution < -0.4 is 0 Å². The fourth-order valence-electron chi connectivity index (χ4n) is 8.81. The molecule has 0 heterocycles. The van der Waals surface area contributed by atoms with Crippen LogP contribution in [0.25, 0.3) is 0 Å². The Balaban J connectivity index is 4.07. The number of hydrogen-bond acceptors (Lipinski definition) is 6. The molecule has 0 radical (unpaired) electrons. The highest BCUT2D eigenvalue weighted by Crippen LogP contribution is 2.17. The molecule has 0 aromatic rings.